The van der Waals surface area contributed by atoms with Crippen molar-refractivity contribution in [3.63, 3.8) is 0 Å². The molecule has 3 heterocycles. The summed E-state index contributed by atoms with van der Waals surface area (Å²) in [6.07, 6.45) is 5.05. The summed E-state index contributed by atoms with van der Waals surface area (Å²) in [5, 5.41) is 0. The summed E-state index contributed by atoms with van der Waals surface area (Å²) in [7, 11) is 1.67. The minimum atomic E-state index is 0.652. The Morgan fingerprint density at radius 1 is 1.00 bits per heavy atom. The molecule has 0 atom stereocenters. The van der Waals surface area contributed by atoms with Crippen molar-refractivity contribution in [3.05, 3.63) is 85.1 Å². The molecule has 0 unspecified atom stereocenters. The third kappa shape index (κ3) is 3.25. The maximum Gasteiger partial charge on any atom is 0.171 e. The second-order valence-electron chi connectivity index (χ2n) is 6.67. The molecule has 0 amide bonds. The van der Waals surface area contributed by atoms with E-state index in [1.807, 2.05) is 54.9 Å². The Bertz CT molecular complexity index is 1220. The number of fused-ring (bicyclic) bond motifs is 1. The maximum atomic E-state index is 6.08. The molecule has 0 aliphatic heterocycles. The number of hydrogen-bond acceptors (Lipinski definition) is 5. The first-order chi connectivity index (χ1) is 14.3. The fourth-order valence-corrected chi connectivity index (χ4v) is 3.40. The molecule has 6 nitrogen and oxygen atoms in total. The van der Waals surface area contributed by atoms with E-state index in [0.717, 1.165) is 33.8 Å². The molecule has 0 saturated carbocycles. The van der Waals surface area contributed by atoms with Crippen LogP contribution in [0.1, 0.15) is 5.56 Å². The highest BCUT2D eigenvalue weighted by Crippen LogP contribution is 2.34. The summed E-state index contributed by atoms with van der Waals surface area (Å²) >= 11 is 0. The largest absolute Gasteiger partial charge is 0.497 e. The van der Waals surface area contributed by atoms with Crippen molar-refractivity contribution in [2.45, 2.75) is 6.54 Å². The van der Waals surface area contributed by atoms with Gasteiger partial charge < -0.3 is 13.7 Å². The van der Waals surface area contributed by atoms with E-state index in [-0.39, 0.29) is 0 Å². The number of benzene rings is 2. The molecule has 0 aliphatic carbocycles. The molecule has 6 heteroatoms. The minimum absolute atomic E-state index is 0.652. The summed E-state index contributed by atoms with van der Waals surface area (Å²) in [6, 6.07) is 20.1. The van der Waals surface area contributed by atoms with Crippen molar-refractivity contribution >= 4 is 11.1 Å². The van der Waals surface area contributed by atoms with E-state index in [2.05, 4.69) is 26.7 Å². The van der Waals surface area contributed by atoms with Crippen molar-refractivity contribution < 1.29 is 9.15 Å². The van der Waals surface area contributed by atoms with Crippen molar-refractivity contribution in [3.8, 4) is 28.5 Å². The van der Waals surface area contributed by atoms with Gasteiger partial charge in [-0.1, -0.05) is 42.5 Å². The molecule has 0 saturated heterocycles. The van der Waals surface area contributed by atoms with Crippen molar-refractivity contribution in [2.75, 3.05) is 7.11 Å². The van der Waals surface area contributed by atoms with E-state index in [1.165, 1.54) is 6.33 Å². The Hall–Kier alpha value is -3.93. The number of methoxy groups -OCH3 is 1. The molecule has 5 rings (SSSR count). The van der Waals surface area contributed by atoms with Crippen molar-refractivity contribution in [2.24, 2.45) is 0 Å². The first-order valence-corrected chi connectivity index (χ1v) is 9.25. The third-order valence-corrected chi connectivity index (χ3v) is 4.83. The lowest BCUT2D eigenvalue weighted by molar-refractivity contribution is 0.414. The second kappa shape index (κ2) is 7.24. The normalized spacial score (nSPS) is 11.1. The molecule has 5 aromatic rings. The molecule has 0 bridgehead atoms. The first kappa shape index (κ1) is 17.2. The lowest BCUT2D eigenvalue weighted by atomic mass is 10.1. The average Bonchev–Trinajstić information content (AvgIpc) is 3.38. The highest BCUT2D eigenvalue weighted by Gasteiger charge is 2.19. The summed E-state index contributed by atoms with van der Waals surface area (Å²) in [5.74, 6) is 1.55. The van der Waals surface area contributed by atoms with Crippen LogP contribution < -0.4 is 4.74 Å². The first-order valence-electron chi connectivity index (χ1n) is 9.25. The molecule has 2 aromatic carbocycles. The predicted octanol–water partition coefficient (Wildman–Crippen LogP) is 4.81. The van der Waals surface area contributed by atoms with Crippen LogP contribution in [0, 0.1) is 0 Å². The van der Waals surface area contributed by atoms with E-state index >= 15 is 0 Å². The van der Waals surface area contributed by atoms with Crippen LogP contribution in [-0.2, 0) is 6.54 Å². The number of aromatic nitrogens is 4. The van der Waals surface area contributed by atoms with E-state index in [4.69, 9.17) is 14.1 Å². The summed E-state index contributed by atoms with van der Waals surface area (Å²) < 4.78 is 13.4. The molecule has 0 N–H and O–H groups in total. The Kier molecular flexibility index (Phi) is 4.29. The zero-order chi connectivity index (χ0) is 19.6. The number of imidazole rings is 1. The molecule has 0 fully saturated rings. The van der Waals surface area contributed by atoms with Gasteiger partial charge in [-0.15, -0.1) is 0 Å². The summed E-state index contributed by atoms with van der Waals surface area (Å²) in [4.78, 5) is 13.1. The SMILES string of the molecule is COc1ccc(Cn2cnc(-c3ccccc3)c2-c2cc3ncncc3o2)cc1. The molecule has 0 spiro atoms. The molecular weight excluding hydrogens is 364 g/mol. The standard InChI is InChI=1S/C23H18N4O2/c1-28-18-9-7-16(8-10-18)13-27-15-26-22(17-5-3-2-4-6-17)23(27)20-11-19-21(29-20)12-24-14-25-19/h2-12,14-15H,13H2,1H3. The van der Waals surface area contributed by atoms with Crippen LogP contribution in [0.4, 0.5) is 0 Å². The van der Waals surface area contributed by atoms with Gasteiger partial charge >= 0.3 is 0 Å². The van der Waals surface area contributed by atoms with Crippen LogP contribution in [0.5, 0.6) is 5.75 Å². The quantitative estimate of drug-likeness (QED) is 0.436. The molecule has 29 heavy (non-hydrogen) atoms. The molecule has 142 valence electrons. The average molecular weight is 382 g/mol. The molecule has 3 aromatic heterocycles. The zero-order valence-electron chi connectivity index (χ0n) is 15.8. The molecule has 0 aliphatic rings. The lowest BCUT2D eigenvalue weighted by Crippen LogP contribution is -2.00. The fraction of sp³-hybridized carbons (Fsp3) is 0.0870. The van der Waals surface area contributed by atoms with Crippen molar-refractivity contribution in [1.82, 2.24) is 19.5 Å². The Morgan fingerprint density at radius 2 is 1.83 bits per heavy atom. The fourth-order valence-electron chi connectivity index (χ4n) is 3.40. The number of nitrogens with zero attached hydrogens (tertiary/aromatic N) is 4. The highest BCUT2D eigenvalue weighted by atomic mass is 16.5. The Balaban J connectivity index is 1.63. The van der Waals surface area contributed by atoms with E-state index < -0.39 is 0 Å². The third-order valence-electron chi connectivity index (χ3n) is 4.83. The number of furan rings is 1. The number of rotatable bonds is 5. The second-order valence-corrected chi connectivity index (χ2v) is 6.67. The van der Waals surface area contributed by atoms with Gasteiger partial charge in [0.2, 0.25) is 0 Å². The molecular formula is C23H18N4O2. The monoisotopic (exact) mass is 382 g/mol. The molecule has 0 radical (unpaired) electrons. The zero-order valence-corrected chi connectivity index (χ0v) is 15.8. The van der Waals surface area contributed by atoms with E-state index in [0.29, 0.717) is 17.9 Å². The smallest absolute Gasteiger partial charge is 0.171 e. The Labute approximate surface area is 167 Å². The predicted molar refractivity (Wildman–Crippen MR) is 111 cm³/mol. The Morgan fingerprint density at radius 3 is 2.59 bits per heavy atom. The van der Waals surface area contributed by atoms with Gasteiger partial charge in [0, 0.05) is 18.2 Å². The highest BCUT2D eigenvalue weighted by molar-refractivity contribution is 5.83. The van der Waals surface area contributed by atoms with E-state index in [1.54, 1.807) is 13.3 Å². The van der Waals surface area contributed by atoms with Crippen LogP contribution >= 0.6 is 0 Å². The van der Waals surface area contributed by atoms with Crippen LogP contribution in [0.3, 0.4) is 0 Å². The van der Waals surface area contributed by atoms with Gasteiger partial charge in [0.15, 0.2) is 11.3 Å². The van der Waals surface area contributed by atoms with E-state index in [9.17, 15) is 0 Å². The summed E-state index contributed by atoms with van der Waals surface area (Å²) in [6.45, 7) is 0.655. The summed E-state index contributed by atoms with van der Waals surface area (Å²) in [5.41, 5.74) is 5.36. The van der Waals surface area contributed by atoms with Gasteiger partial charge in [0.05, 0.1) is 25.3 Å². The van der Waals surface area contributed by atoms with Gasteiger partial charge in [-0.3, -0.25) is 0 Å². The van der Waals surface area contributed by atoms with Gasteiger partial charge in [-0.05, 0) is 17.7 Å². The van der Waals surface area contributed by atoms with Gasteiger partial charge in [0.1, 0.15) is 23.3 Å². The minimum Gasteiger partial charge on any atom is -0.497 e. The van der Waals surface area contributed by atoms with Gasteiger partial charge in [-0.25, -0.2) is 15.0 Å². The number of hydrogen-bond donors (Lipinski definition) is 0. The topological polar surface area (TPSA) is 66.0 Å². The number of ether oxygens (including phenoxy) is 1. The van der Waals surface area contributed by atoms with Gasteiger partial charge in [-0.2, -0.15) is 0 Å². The maximum absolute atomic E-state index is 6.08. The van der Waals surface area contributed by atoms with Crippen LogP contribution in [0.2, 0.25) is 0 Å². The van der Waals surface area contributed by atoms with Crippen LogP contribution in [0.15, 0.2) is 83.9 Å². The van der Waals surface area contributed by atoms with Crippen LogP contribution in [-0.4, -0.2) is 26.6 Å². The van der Waals surface area contributed by atoms with Gasteiger partial charge in [0.25, 0.3) is 0 Å². The lowest BCUT2D eigenvalue weighted by Gasteiger charge is -2.09. The van der Waals surface area contributed by atoms with Crippen molar-refractivity contribution in [1.29, 1.82) is 0 Å². The van der Waals surface area contributed by atoms with Crippen LogP contribution in [0.25, 0.3) is 33.8 Å².